The molecule has 4 rings (SSSR count). The average molecular weight is 330 g/mol. The molecule has 1 aliphatic heterocycles. The van der Waals surface area contributed by atoms with Gasteiger partial charge in [-0.2, -0.15) is 0 Å². The van der Waals surface area contributed by atoms with Crippen molar-refractivity contribution in [3.05, 3.63) is 90.0 Å². The molecule has 2 unspecified atom stereocenters. The number of ether oxygens (including phenoxy) is 1. The van der Waals surface area contributed by atoms with E-state index in [0.717, 1.165) is 28.5 Å². The van der Waals surface area contributed by atoms with E-state index in [2.05, 4.69) is 15.3 Å². The van der Waals surface area contributed by atoms with E-state index in [-0.39, 0.29) is 12.1 Å². The lowest BCUT2D eigenvalue weighted by Gasteiger charge is -2.17. The third-order valence-corrected chi connectivity index (χ3v) is 4.24. The molecule has 124 valence electrons. The highest BCUT2D eigenvalue weighted by Crippen LogP contribution is 2.35. The van der Waals surface area contributed by atoms with E-state index in [1.165, 1.54) is 0 Å². The normalized spacial score (nSPS) is 19.2. The lowest BCUT2D eigenvalue weighted by molar-refractivity contribution is 0.415. The van der Waals surface area contributed by atoms with E-state index in [1.54, 1.807) is 19.5 Å². The lowest BCUT2D eigenvalue weighted by atomic mass is 10.0. The largest absolute Gasteiger partial charge is 0.497 e. The van der Waals surface area contributed by atoms with Crippen LogP contribution < -0.4 is 10.1 Å². The van der Waals surface area contributed by atoms with Crippen LogP contribution in [0.1, 0.15) is 29.0 Å². The summed E-state index contributed by atoms with van der Waals surface area (Å²) in [5, 5.41) is 3.52. The Balaban J connectivity index is 1.71. The first-order chi connectivity index (χ1) is 12.3. The van der Waals surface area contributed by atoms with E-state index in [9.17, 15) is 0 Å². The maximum atomic E-state index is 5.23. The average Bonchev–Trinajstić information content (AvgIpc) is 3.15. The van der Waals surface area contributed by atoms with Crippen LogP contribution in [0.3, 0.4) is 0 Å². The van der Waals surface area contributed by atoms with Gasteiger partial charge in [0, 0.05) is 18.0 Å². The van der Waals surface area contributed by atoms with Gasteiger partial charge >= 0.3 is 0 Å². The fourth-order valence-corrected chi connectivity index (χ4v) is 2.97. The number of amidine groups is 1. The zero-order valence-corrected chi connectivity index (χ0v) is 13.8. The molecule has 1 aromatic carbocycles. The van der Waals surface area contributed by atoms with Gasteiger partial charge in [-0.3, -0.25) is 15.0 Å². The molecule has 1 aliphatic rings. The molecule has 3 aromatic rings. The third kappa shape index (κ3) is 3.08. The third-order valence-electron chi connectivity index (χ3n) is 4.24. The maximum absolute atomic E-state index is 5.23. The van der Waals surface area contributed by atoms with Gasteiger partial charge in [0.2, 0.25) is 0 Å². The van der Waals surface area contributed by atoms with Gasteiger partial charge in [-0.15, -0.1) is 0 Å². The monoisotopic (exact) mass is 330 g/mol. The molecular weight excluding hydrogens is 312 g/mol. The van der Waals surface area contributed by atoms with Crippen molar-refractivity contribution in [2.75, 3.05) is 7.11 Å². The predicted molar refractivity (Wildman–Crippen MR) is 96.6 cm³/mol. The Morgan fingerprint density at radius 3 is 2.12 bits per heavy atom. The molecule has 3 heterocycles. The van der Waals surface area contributed by atoms with E-state index in [0.29, 0.717) is 0 Å². The van der Waals surface area contributed by atoms with Crippen LogP contribution in [0.15, 0.2) is 78.0 Å². The summed E-state index contributed by atoms with van der Waals surface area (Å²) in [6.07, 6.45) is 3.60. The minimum atomic E-state index is -0.117. The van der Waals surface area contributed by atoms with E-state index >= 15 is 0 Å². The molecule has 2 aromatic heterocycles. The van der Waals surface area contributed by atoms with Crippen molar-refractivity contribution >= 4 is 5.84 Å². The Labute approximate surface area is 146 Å². The second-order valence-corrected chi connectivity index (χ2v) is 5.78. The Hall–Kier alpha value is -3.21. The molecule has 5 heteroatoms. The number of methoxy groups -OCH3 is 1. The summed E-state index contributed by atoms with van der Waals surface area (Å²) >= 11 is 0. The second kappa shape index (κ2) is 6.73. The van der Waals surface area contributed by atoms with Crippen molar-refractivity contribution in [2.24, 2.45) is 4.99 Å². The van der Waals surface area contributed by atoms with Crippen LogP contribution in [0.5, 0.6) is 5.75 Å². The number of rotatable bonds is 4. The van der Waals surface area contributed by atoms with Crippen LogP contribution >= 0.6 is 0 Å². The molecule has 0 amide bonds. The molecule has 0 radical (unpaired) electrons. The molecule has 0 bridgehead atoms. The number of hydrogen-bond donors (Lipinski definition) is 1. The Morgan fingerprint density at radius 1 is 0.840 bits per heavy atom. The molecule has 0 spiro atoms. The van der Waals surface area contributed by atoms with Crippen LogP contribution in [-0.2, 0) is 0 Å². The van der Waals surface area contributed by atoms with Gasteiger partial charge in [-0.05, 0) is 48.5 Å². The van der Waals surface area contributed by atoms with E-state index in [1.807, 2.05) is 60.7 Å². The standard InChI is InChI=1S/C20H18N4O/c1-25-15-10-8-14(9-11-15)20-23-18(16-6-2-4-12-21-16)19(24-20)17-7-3-5-13-22-17/h2-13,18-19H,1H3,(H,23,24). The van der Waals surface area contributed by atoms with Crippen molar-refractivity contribution in [2.45, 2.75) is 12.1 Å². The highest BCUT2D eigenvalue weighted by atomic mass is 16.5. The molecule has 0 aliphatic carbocycles. The predicted octanol–water partition coefficient (Wildman–Crippen LogP) is 3.32. The van der Waals surface area contributed by atoms with Crippen LogP contribution in [0, 0.1) is 0 Å². The Morgan fingerprint density at radius 2 is 1.52 bits per heavy atom. The summed E-state index contributed by atoms with van der Waals surface area (Å²) in [7, 11) is 1.66. The SMILES string of the molecule is COc1ccc(C2=NC(c3ccccn3)C(c3ccccn3)N2)cc1. The minimum absolute atomic E-state index is 0.0480. The second-order valence-electron chi connectivity index (χ2n) is 5.78. The van der Waals surface area contributed by atoms with Crippen LogP contribution in [0.25, 0.3) is 0 Å². The van der Waals surface area contributed by atoms with Crippen LogP contribution in [0.2, 0.25) is 0 Å². The Bertz CT molecular complexity index is 863. The summed E-state index contributed by atoms with van der Waals surface area (Å²) in [5.74, 6) is 1.67. The van der Waals surface area contributed by atoms with Crippen molar-refractivity contribution in [1.29, 1.82) is 0 Å². The molecular formula is C20H18N4O. The van der Waals surface area contributed by atoms with Crippen LogP contribution in [0.4, 0.5) is 0 Å². The zero-order valence-electron chi connectivity index (χ0n) is 13.8. The molecule has 25 heavy (non-hydrogen) atoms. The van der Waals surface area contributed by atoms with Crippen molar-refractivity contribution in [3.63, 3.8) is 0 Å². The smallest absolute Gasteiger partial charge is 0.129 e. The van der Waals surface area contributed by atoms with E-state index in [4.69, 9.17) is 9.73 Å². The van der Waals surface area contributed by atoms with Gasteiger partial charge in [0.1, 0.15) is 17.6 Å². The summed E-state index contributed by atoms with van der Waals surface area (Å²) in [6.45, 7) is 0. The summed E-state index contributed by atoms with van der Waals surface area (Å²) < 4.78 is 5.23. The number of nitrogens with one attached hydrogen (secondary N) is 1. The number of hydrogen-bond acceptors (Lipinski definition) is 5. The highest BCUT2D eigenvalue weighted by molar-refractivity contribution is 6.00. The number of benzene rings is 1. The highest BCUT2D eigenvalue weighted by Gasteiger charge is 2.33. The number of pyridine rings is 2. The van der Waals surface area contributed by atoms with Gasteiger partial charge in [-0.1, -0.05) is 12.1 Å². The quantitative estimate of drug-likeness (QED) is 0.797. The van der Waals surface area contributed by atoms with Gasteiger partial charge in [-0.25, -0.2) is 0 Å². The number of aromatic nitrogens is 2. The van der Waals surface area contributed by atoms with Crippen LogP contribution in [-0.4, -0.2) is 22.9 Å². The van der Waals surface area contributed by atoms with Crippen molar-refractivity contribution in [3.8, 4) is 5.75 Å². The first-order valence-electron chi connectivity index (χ1n) is 8.16. The minimum Gasteiger partial charge on any atom is -0.497 e. The topological polar surface area (TPSA) is 59.4 Å². The molecule has 0 saturated carbocycles. The molecule has 2 atom stereocenters. The van der Waals surface area contributed by atoms with Gasteiger partial charge < -0.3 is 10.1 Å². The fourth-order valence-electron chi connectivity index (χ4n) is 2.97. The summed E-state index contributed by atoms with van der Waals surface area (Å²) in [5.41, 5.74) is 2.89. The molecule has 1 N–H and O–H groups in total. The van der Waals surface area contributed by atoms with Gasteiger partial charge in [0.15, 0.2) is 0 Å². The Kier molecular flexibility index (Phi) is 4.12. The summed E-state index contributed by atoms with van der Waals surface area (Å²) in [4.78, 5) is 13.9. The first kappa shape index (κ1) is 15.3. The summed E-state index contributed by atoms with van der Waals surface area (Å²) in [6, 6.07) is 19.5. The maximum Gasteiger partial charge on any atom is 0.129 e. The number of aliphatic imine (C=N–C) groups is 1. The molecule has 0 fully saturated rings. The first-order valence-corrected chi connectivity index (χ1v) is 8.16. The lowest BCUT2D eigenvalue weighted by Crippen LogP contribution is -2.25. The van der Waals surface area contributed by atoms with Gasteiger partial charge in [0.05, 0.1) is 24.5 Å². The van der Waals surface area contributed by atoms with Crippen molar-refractivity contribution in [1.82, 2.24) is 15.3 Å². The van der Waals surface area contributed by atoms with E-state index < -0.39 is 0 Å². The molecule has 0 saturated heterocycles. The van der Waals surface area contributed by atoms with Gasteiger partial charge in [0.25, 0.3) is 0 Å². The zero-order chi connectivity index (χ0) is 17.1. The molecule has 5 nitrogen and oxygen atoms in total. The number of nitrogens with zero attached hydrogens (tertiary/aromatic N) is 3. The van der Waals surface area contributed by atoms with Crippen molar-refractivity contribution < 1.29 is 4.74 Å². The fraction of sp³-hybridized carbons (Fsp3) is 0.150.